The van der Waals surface area contributed by atoms with Crippen molar-refractivity contribution in [3.63, 3.8) is 0 Å². The van der Waals surface area contributed by atoms with Crippen LogP contribution in [0.2, 0.25) is 0 Å². The van der Waals surface area contributed by atoms with Crippen LogP contribution in [0.4, 0.5) is 11.4 Å². The summed E-state index contributed by atoms with van der Waals surface area (Å²) in [6.45, 7) is 10.5. The Morgan fingerprint density at radius 2 is 1.40 bits per heavy atom. The number of rotatable bonds is 5. The number of nitrogens with one attached hydrogen (secondary N) is 1. The van der Waals surface area contributed by atoms with Gasteiger partial charge in [-0.15, -0.1) is 0 Å². The Hall–Kier alpha value is -3.72. The quantitative estimate of drug-likeness (QED) is 0.308. The Bertz CT molecular complexity index is 1250. The molecule has 0 radical (unpaired) electrons. The van der Waals surface area contributed by atoms with Crippen molar-refractivity contribution in [2.24, 2.45) is 0 Å². The average molecular weight is 392 g/mol. The SMILES string of the molecule is C=C1c2cccc3cccc(c23)C(=C)N1CCCNc1cccc2c(N)cccc12. The van der Waals surface area contributed by atoms with Crippen molar-refractivity contribution >= 4 is 44.3 Å². The smallest absolute Gasteiger partial charge is 0.0420 e. The van der Waals surface area contributed by atoms with Crippen LogP contribution in [-0.4, -0.2) is 18.0 Å². The monoisotopic (exact) mass is 391 g/mol. The molecule has 0 unspecified atom stereocenters. The molecule has 3 N–H and O–H groups in total. The topological polar surface area (TPSA) is 41.3 Å². The molecule has 30 heavy (non-hydrogen) atoms. The van der Waals surface area contributed by atoms with E-state index in [1.54, 1.807) is 0 Å². The van der Waals surface area contributed by atoms with E-state index >= 15 is 0 Å². The van der Waals surface area contributed by atoms with Crippen molar-refractivity contribution < 1.29 is 0 Å². The Morgan fingerprint density at radius 3 is 2.13 bits per heavy atom. The minimum atomic E-state index is 0.810. The average Bonchev–Trinajstić information content (AvgIpc) is 2.77. The molecule has 0 atom stereocenters. The Balaban J connectivity index is 1.32. The molecule has 148 valence electrons. The molecular formula is C27H25N3. The molecule has 3 heteroatoms. The van der Waals surface area contributed by atoms with Crippen LogP contribution in [-0.2, 0) is 0 Å². The van der Waals surface area contributed by atoms with Gasteiger partial charge in [-0.3, -0.25) is 0 Å². The Kier molecular flexibility index (Phi) is 4.44. The maximum atomic E-state index is 6.12. The molecule has 0 fully saturated rings. The van der Waals surface area contributed by atoms with Crippen LogP contribution in [0.25, 0.3) is 32.9 Å². The maximum Gasteiger partial charge on any atom is 0.0420 e. The number of fused-ring (bicyclic) bond motifs is 1. The first-order chi connectivity index (χ1) is 14.6. The van der Waals surface area contributed by atoms with Gasteiger partial charge in [0.05, 0.1) is 0 Å². The Morgan fingerprint density at radius 1 is 0.767 bits per heavy atom. The minimum Gasteiger partial charge on any atom is -0.398 e. The number of anilines is 2. The van der Waals surface area contributed by atoms with Gasteiger partial charge in [0.2, 0.25) is 0 Å². The van der Waals surface area contributed by atoms with Crippen LogP contribution in [0, 0.1) is 0 Å². The van der Waals surface area contributed by atoms with Gasteiger partial charge < -0.3 is 16.0 Å². The lowest BCUT2D eigenvalue weighted by Crippen LogP contribution is -2.25. The normalized spacial score (nSPS) is 13.3. The van der Waals surface area contributed by atoms with Gasteiger partial charge in [-0.2, -0.15) is 0 Å². The third kappa shape index (κ3) is 2.91. The summed E-state index contributed by atoms with van der Waals surface area (Å²) in [7, 11) is 0. The zero-order valence-corrected chi connectivity index (χ0v) is 17.0. The molecule has 3 nitrogen and oxygen atoms in total. The van der Waals surface area contributed by atoms with Gasteiger partial charge in [0.1, 0.15) is 0 Å². The van der Waals surface area contributed by atoms with Crippen molar-refractivity contribution in [3.05, 3.63) is 97.1 Å². The molecule has 1 aliphatic heterocycles. The highest BCUT2D eigenvalue weighted by Crippen LogP contribution is 2.40. The second-order valence-electron chi connectivity index (χ2n) is 7.78. The third-order valence-electron chi connectivity index (χ3n) is 6.01. The molecule has 0 amide bonds. The predicted octanol–water partition coefficient (Wildman–Crippen LogP) is 6.33. The van der Waals surface area contributed by atoms with E-state index in [9.17, 15) is 0 Å². The van der Waals surface area contributed by atoms with Gasteiger partial charge in [-0.05, 0) is 23.9 Å². The molecule has 0 bridgehead atoms. The number of nitrogens with two attached hydrogens (primary N) is 1. The summed E-state index contributed by atoms with van der Waals surface area (Å²) >= 11 is 0. The van der Waals surface area contributed by atoms with E-state index in [1.807, 2.05) is 18.2 Å². The molecule has 5 rings (SSSR count). The molecule has 1 aliphatic rings. The van der Waals surface area contributed by atoms with E-state index < -0.39 is 0 Å². The van der Waals surface area contributed by atoms with E-state index in [2.05, 4.69) is 78.0 Å². The lowest BCUT2D eigenvalue weighted by atomic mass is 9.91. The van der Waals surface area contributed by atoms with Crippen molar-refractivity contribution in [3.8, 4) is 0 Å². The molecule has 1 heterocycles. The summed E-state index contributed by atoms with van der Waals surface area (Å²) in [5.74, 6) is 0. The van der Waals surface area contributed by atoms with Gasteiger partial charge >= 0.3 is 0 Å². The summed E-state index contributed by atoms with van der Waals surface area (Å²) in [4.78, 5) is 2.25. The molecule has 0 spiro atoms. The second-order valence-corrected chi connectivity index (χ2v) is 7.78. The molecule has 0 saturated heterocycles. The Labute approximate surface area is 177 Å². The van der Waals surface area contributed by atoms with Gasteiger partial charge in [0.15, 0.2) is 0 Å². The van der Waals surface area contributed by atoms with Crippen molar-refractivity contribution in [1.29, 1.82) is 0 Å². The molecule has 4 aromatic carbocycles. The highest BCUT2D eigenvalue weighted by atomic mass is 15.2. The van der Waals surface area contributed by atoms with Crippen molar-refractivity contribution in [2.45, 2.75) is 6.42 Å². The second kappa shape index (κ2) is 7.27. The van der Waals surface area contributed by atoms with Crippen LogP contribution in [0.3, 0.4) is 0 Å². The summed E-state index contributed by atoms with van der Waals surface area (Å²) in [5.41, 5.74) is 12.5. The van der Waals surface area contributed by atoms with Crippen LogP contribution in [0.5, 0.6) is 0 Å². The van der Waals surface area contributed by atoms with Gasteiger partial charge in [0, 0.05) is 63.1 Å². The molecular weight excluding hydrogens is 366 g/mol. The summed E-state index contributed by atoms with van der Waals surface area (Å²) < 4.78 is 0. The van der Waals surface area contributed by atoms with Gasteiger partial charge in [-0.1, -0.05) is 73.8 Å². The number of nitrogen functional groups attached to an aromatic ring is 1. The molecule has 4 aromatic rings. The van der Waals surface area contributed by atoms with Gasteiger partial charge in [-0.25, -0.2) is 0 Å². The number of hydrogen-bond acceptors (Lipinski definition) is 3. The van der Waals surface area contributed by atoms with Crippen LogP contribution >= 0.6 is 0 Å². The highest BCUT2D eigenvalue weighted by Gasteiger charge is 2.24. The van der Waals surface area contributed by atoms with E-state index in [1.165, 1.54) is 21.9 Å². The predicted molar refractivity (Wildman–Crippen MR) is 130 cm³/mol. The number of hydrogen-bond donors (Lipinski definition) is 2. The zero-order valence-electron chi connectivity index (χ0n) is 17.0. The lowest BCUT2D eigenvalue weighted by molar-refractivity contribution is 0.540. The lowest BCUT2D eigenvalue weighted by Gasteiger charge is -2.34. The van der Waals surface area contributed by atoms with E-state index in [0.29, 0.717) is 0 Å². The van der Waals surface area contributed by atoms with Crippen LogP contribution in [0.1, 0.15) is 17.5 Å². The first kappa shape index (κ1) is 18.3. The standard InChI is InChI=1S/C27H25N3/c1-18-21-10-3-8-20-9-4-11-22(27(20)21)19(2)30(18)17-7-16-29-26-15-6-12-23-24(26)13-5-14-25(23)28/h3-6,8-15,29H,1-2,7,16-17,28H2. The van der Waals surface area contributed by atoms with Crippen molar-refractivity contribution in [2.75, 3.05) is 24.1 Å². The minimum absolute atomic E-state index is 0.810. The number of nitrogens with zero attached hydrogens (tertiary/aromatic N) is 1. The molecule has 0 saturated carbocycles. The fraction of sp³-hybridized carbons (Fsp3) is 0.111. The zero-order chi connectivity index (χ0) is 20.7. The molecule has 0 aliphatic carbocycles. The maximum absolute atomic E-state index is 6.12. The van der Waals surface area contributed by atoms with Crippen LogP contribution in [0.15, 0.2) is 86.0 Å². The van der Waals surface area contributed by atoms with E-state index in [0.717, 1.165) is 53.1 Å². The summed E-state index contributed by atoms with van der Waals surface area (Å²) in [5, 5.41) is 8.33. The summed E-state index contributed by atoms with van der Waals surface area (Å²) in [6.07, 6.45) is 0.967. The first-order valence-corrected chi connectivity index (χ1v) is 10.3. The fourth-order valence-electron chi connectivity index (χ4n) is 4.49. The summed E-state index contributed by atoms with van der Waals surface area (Å²) in [6, 6.07) is 25.1. The first-order valence-electron chi connectivity index (χ1n) is 10.3. The van der Waals surface area contributed by atoms with E-state index in [4.69, 9.17) is 5.73 Å². The molecule has 0 aromatic heterocycles. The van der Waals surface area contributed by atoms with Crippen LogP contribution < -0.4 is 11.1 Å². The fourth-order valence-corrected chi connectivity index (χ4v) is 4.49. The highest BCUT2D eigenvalue weighted by molar-refractivity contribution is 6.05. The third-order valence-corrected chi connectivity index (χ3v) is 6.01. The van der Waals surface area contributed by atoms with Crippen molar-refractivity contribution in [1.82, 2.24) is 4.90 Å². The largest absolute Gasteiger partial charge is 0.398 e. The van der Waals surface area contributed by atoms with E-state index in [-0.39, 0.29) is 0 Å². The van der Waals surface area contributed by atoms with Gasteiger partial charge in [0.25, 0.3) is 0 Å². The number of benzene rings is 4.